The highest BCUT2D eigenvalue weighted by molar-refractivity contribution is 9.10. The van der Waals surface area contributed by atoms with Crippen molar-refractivity contribution in [1.82, 2.24) is 0 Å². The van der Waals surface area contributed by atoms with Crippen LogP contribution in [0.3, 0.4) is 0 Å². The van der Waals surface area contributed by atoms with Crippen LogP contribution < -0.4 is 10.6 Å². The van der Waals surface area contributed by atoms with E-state index in [1.807, 2.05) is 13.8 Å². The van der Waals surface area contributed by atoms with E-state index in [4.69, 9.17) is 4.74 Å². The third kappa shape index (κ3) is 7.82. The second-order valence-corrected chi connectivity index (χ2v) is 7.64. The number of amides is 2. The molecule has 0 radical (unpaired) electrons. The predicted molar refractivity (Wildman–Crippen MR) is 119 cm³/mol. The van der Waals surface area contributed by atoms with E-state index in [0.29, 0.717) is 11.4 Å². The largest absolute Gasteiger partial charge is 0.456 e. The number of nitrogens with zero attached hydrogens (tertiary/aromatic N) is 1. The van der Waals surface area contributed by atoms with E-state index >= 15 is 0 Å². The average Bonchev–Trinajstić information content (AvgIpc) is 2.70. The Morgan fingerprint density at radius 1 is 1.00 bits per heavy atom. The first kappa shape index (κ1) is 24.0. The van der Waals surface area contributed by atoms with Gasteiger partial charge in [-0.05, 0) is 49.6 Å². The number of hydrogen-bond donors (Lipinski definition) is 2. The molecule has 0 bridgehead atoms. The van der Waals surface area contributed by atoms with E-state index in [-0.39, 0.29) is 30.9 Å². The number of aryl methyl sites for hydroxylation is 2. The van der Waals surface area contributed by atoms with Crippen molar-refractivity contribution in [2.75, 3.05) is 17.2 Å². The molecule has 0 unspecified atom stereocenters. The lowest BCUT2D eigenvalue weighted by molar-refractivity contribution is -0.384. The van der Waals surface area contributed by atoms with Crippen LogP contribution in [0.4, 0.5) is 17.1 Å². The number of ether oxygens (including phenoxy) is 1. The highest BCUT2D eigenvalue weighted by atomic mass is 79.9. The zero-order chi connectivity index (χ0) is 23.0. The van der Waals surface area contributed by atoms with Crippen LogP contribution in [0.1, 0.15) is 30.4 Å². The van der Waals surface area contributed by atoms with Crippen molar-refractivity contribution < 1.29 is 24.0 Å². The molecule has 0 aliphatic carbocycles. The second-order valence-electron chi connectivity index (χ2n) is 6.84. The van der Waals surface area contributed by atoms with Crippen molar-refractivity contribution in [3.63, 3.8) is 0 Å². The Bertz CT molecular complexity index is 985. The molecule has 2 rings (SSSR count). The predicted octanol–water partition coefficient (Wildman–Crippen LogP) is 4.26. The summed E-state index contributed by atoms with van der Waals surface area (Å²) in [5.41, 5.74) is 2.72. The van der Waals surface area contributed by atoms with Gasteiger partial charge in [0.2, 0.25) is 5.91 Å². The van der Waals surface area contributed by atoms with Gasteiger partial charge in [0.15, 0.2) is 6.61 Å². The second kappa shape index (κ2) is 11.2. The summed E-state index contributed by atoms with van der Waals surface area (Å²) >= 11 is 3.45. The Kier molecular flexibility index (Phi) is 8.68. The Hall–Kier alpha value is -3.27. The smallest absolute Gasteiger partial charge is 0.306 e. The van der Waals surface area contributed by atoms with Crippen molar-refractivity contribution in [3.8, 4) is 0 Å². The molecule has 0 aliphatic heterocycles. The van der Waals surface area contributed by atoms with Gasteiger partial charge in [0.1, 0.15) is 0 Å². The molecule has 10 heteroatoms. The van der Waals surface area contributed by atoms with Gasteiger partial charge in [-0.3, -0.25) is 24.5 Å². The normalized spacial score (nSPS) is 10.3. The molecule has 0 heterocycles. The van der Waals surface area contributed by atoms with Gasteiger partial charge >= 0.3 is 5.97 Å². The topological polar surface area (TPSA) is 128 Å². The maximum atomic E-state index is 12.0. The number of esters is 1. The van der Waals surface area contributed by atoms with Crippen molar-refractivity contribution in [3.05, 3.63) is 62.1 Å². The minimum Gasteiger partial charge on any atom is -0.456 e. The van der Waals surface area contributed by atoms with Crippen molar-refractivity contribution >= 4 is 50.8 Å². The molecule has 0 fully saturated rings. The summed E-state index contributed by atoms with van der Waals surface area (Å²) in [7, 11) is 0. The monoisotopic (exact) mass is 491 g/mol. The molecule has 2 aromatic rings. The number of carbonyl (C=O) groups excluding carboxylic acids is 3. The third-order valence-electron chi connectivity index (χ3n) is 4.21. The minimum atomic E-state index is -0.596. The summed E-state index contributed by atoms with van der Waals surface area (Å²) < 4.78 is 5.90. The lowest BCUT2D eigenvalue weighted by atomic mass is 10.1. The molecule has 164 valence electrons. The molecule has 0 atom stereocenters. The van der Waals surface area contributed by atoms with Gasteiger partial charge in [-0.25, -0.2) is 0 Å². The van der Waals surface area contributed by atoms with Crippen LogP contribution in [0, 0.1) is 24.0 Å². The van der Waals surface area contributed by atoms with Crippen LogP contribution in [0.25, 0.3) is 0 Å². The quantitative estimate of drug-likeness (QED) is 0.306. The Morgan fingerprint density at radius 2 is 1.65 bits per heavy atom. The van der Waals surface area contributed by atoms with Crippen molar-refractivity contribution in [1.29, 1.82) is 0 Å². The number of hydrogen-bond acceptors (Lipinski definition) is 6. The lowest BCUT2D eigenvalue weighted by Gasteiger charge is -2.10. The number of non-ortho nitro benzene ring substituents is 1. The van der Waals surface area contributed by atoms with Crippen LogP contribution in [-0.4, -0.2) is 29.3 Å². The van der Waals surface area contributed by atoms with Gasteiger partial charge in [0, 0.05) is 40.8 Å². The van der Waals surface area contributed by atoms with E-state index in [2.05, 4.69) is 26.6 Å². The van der Waals surface area contributed by atoms with Gasteiger partial charge in [-0.1, -0.05) is 22.0 Å². The van der Waals surface area contributed by atoms with Crippen LogP contribution >= 0.6 is 15.9 Å². The Morgan fingerprint density at radius 3 is 2.29 bits per heavy atom. The molecule has 2 amide bonds. The summed E-state index contributed by atoms with van der Waals surface area (Å²) in [5, 5.41) is 16.0. The number of benzene rings is 2. The summed E-state index contributed by atoms with van der Waals surface area (Å²) in [4.78, 5) is 45.9. The van der Waals surface area contributed by atoms with Gasteiger partial charge in [-0.2, -0.15) is 0 Å². The zero-order valence-corrected chi connectivity index (χ0v) is 18.7. The minimum absolute atomic E-state index is 0.0292. The molecular weight excluding hydrogens is 470 g/mol. The molecule has 0 saturated carbocycles. The molecule has 9 nitrogen and oxygen atoms in total. The molecule has 31 heavy (non-hydrogen) atoms. The average molecular weight is 492 g/mol. The maximum absolute atomic E-state index is 12.0. The van der Waals surface area contributed by atoms with Crippen LogP contribution in [0.15, 0.2) is 40.9 Å². The van der Waals surface area contributed by atoms with Crippen molar-refractivity contribution in [2.45, 2.75) is 33.1 Å². The molecule has 2 aromatic carbocycles. The molecule has 0 saturated heterocycles. The number of halogens is 1. The number of nitro groups is 1. The highest BCUT2D eigenvalue weighted by Crippen LogP contribution is 2.25. The molecule has 0 aliphatic rings. The fourth-order valence-corrected chi connectivity index (χ4v) is 2.98. The first-order valence-electron chi connectivity index (χ1n) is 9.42. The fourth-order valence-electron chi connectivity index (χ4n) is 2.75. The van der Waals surface area contributed by atoms with Gasteiger partial charge in [-0.15, -0.1) is 0 Å². The summed E-state index contributed by atoms with van der Waals surface area (Å²) in [6, 6.07) is 9.17. The highest BCUT2D eigenvalue weighted by Gasteiger charge is 2.12. The van der Waals surface area contributed by atoms with E-state index in [0.717, 1.165) is 15.6 Å². The number of carbonyl (C=O) groups is 3. The van der Waals surface area contributed by atoms with Crippen LogP contribution in [0.5, 0.6) is 0 Å². The summed E-state index contributed by atoms with van der Waals surface area (Å²) in [6.45, 7) is 3.39. The van der Waals surface area contributed by atoms with Gasteiger partial charge in [0.25, 0.3) is 11.6 Å². The van der Waals surface area contributed by atoms with E-state index in [9.17, 15) is 24.5 Å². The first-order chi connectivity index (χ1) is 14.7. The van der Waals surface area contributed by atoms with Crippen LogP contribution in [0.2, 0.25) is 0 Å². The zero-order valence-electron chi connectivity index (χ0n) is 17.1. The lowest BCUT2D eigenvalue weighted by Crippen LogP contribution is -2.21. The molecule has 2 N–H and O–H groups in total. The maximum Gasteiger partial charge on any atom is 0.306 e. The fraction of sp³-hybridized carbons (Fsp3) is 0.286. The third-order valence-corrected chi connectivity index (χ3v) is 5.46. The van der Waals surface area contributed by atoms with Gasteiger partial charge in [0.05, 0.1) is 4.92 Å². The van der Waals surface area contributed by atoms with Gasteiger partial charge < -0.3 is 15.4 Å². The standard InChI is InChI=1S/C21H22BrN3O6/c1-13-9-16(10-14(2)21(13)22)24-19(27)12-31-20(28)8-4-7-18(26)23-15-5-3-6-17(11-15)25(29)30/h3,5-6,9-11H,4,7-8,12H2,1-2H3,(H,23,26)(H,24,27). The summed E-state index contributed by atoms with van der Waals surface area (Å²) in [6.07, 6.45) is 0.208. The van der Waals surface area contributed by atoms with E-state index in [1.165, 1.54) is 24.3 Å². The van der Waals surface area contributed by atoms with E-state index < -0.39 is 23.4 Å². The van der Waals surface area contributed by atoms with Crippen molar-refractivity contribution in [2.24, 2.45) is 0 Å². The molecule has 0 aromatic heterocycles. The number of nitrogens with one attached hydrogen (secondary N) is 2. The first-order valence-corrected chi connectivity index (χ1v) is 10.2. The SMILES string of the molecule is Cc1cc(NC(=O)COC(=O)CCCC(=O)Nc2cccc([N+](=O)[O-])c2)cc(C)c1Br. The number of anilines is 2. The summed E-state index contributed by atoms with van der Waals surface area (Å²) in [5.74, 6) is -1.44. The molecular formula is C21H22BrN3O6. The Labute approximate surface area is 187 Å². The molecule has 0 spiro atoms. The van der Waals surface area contributed by atoms with Crippen LogP contribution in [-0.2, 0) is 19.1 Å². The number of rotatable bonds is 9. The van der Waals surface area contributed by atoms with E-state index in [1.54, 1.807) is 12.1 Å². The Balaban J connectivity index is 1.70. The number of nitro benzene ring substituents is 1.